The van der Waals surface area contributed by atoms with Crippen LogP contribution in [-0.4, -0.2) is 27.8 Å². The zero-order valence-corrected chi connectivity index (χ0v) is 19.4. The smallest absolute Gasteiger partial charge is 0.247 e. The summed E-state index contributed by atoms with van der Waals surface area (Å²) in [6.45, 7) is 12.2. The van der Waals surface area contributed by atoms with Crippen LogP contribution in [0.15, 0.2) is 18.2 Å². The van der Waals surface area contributed by atoms with E-state index in [0.717, 1.165) is 30.3 Å². The predicted molar refractivity (Wildman–Crippen MR) is 117 cm³/mol. The summed E-state index contributed by atoms with van der Waals surface area (Å²) in [5.74, 6) is -3.58. The molecule has 0 aliphatic carbocycles. The topological polar surface area (TPSA) is 37.4 Å². The lowest BCUT2D eigenvalue weighted by Crippen LogP contribution is -2.41. The minimum atomic E-state index is -1.54. The Morgan fingerprint density at radius 3 is 2.00 bits per heavy atom. The average Bonchev–Trinajstić information content (AvgIpc) is 2.60. The number of thioether (sulfide) groups is 1. The molecule has 7 heteroatoms. The summed E-state index contributed by atoms with van der Waals surface area (Å²) in [6.07, 6.45) is 4.04. The molecule has 0 fully saturated rings. The standard InChI is InChI=1S/C23H32F3NO2S/c1-14(2)9-16(5)13-27(22(10-15(3)4)30-17(6)28)21(29)8-7-18-11-19(24)23(26)20(25)12-18/h7-8,11-12,14-16,22H,9-10,13H2,1-6H3/b8-7+/t16-,22+/m0/s1. The van der Waals surface area contributed by atoms with Gasteiger partial charge < -0.3 is 4.90 Å². The largest absolute Gasteiger partial charge is 0.326 e. The van der Waals surface area contributed by atoms with E-state index >= 15 is 0 Å². The van der Waals surface area contributed by atoms with Crippen molar-refractivity contribution in [3.8, 4) is 0 Å². The molecule has 0 aliphatic rings. The van der Waals surface area contributed by atoms with Crippen LogP contribution in [0.4, 0.5) is 13.2 Å². The normalized spacial score (nSPS) is 13.8. The first-order valence-electron chi connectivity index (χ1n) is 10.2. The van der Waals surface area contributed by atoms with Gasteiger partial charge in [-0.15, -0.1) is 0 Å². The Morgan fingerprint density at radius 2 is 1.53 bits per heavy atom. The fourth-order valence-electron chi connectivity index (χ4n) is 3.33. The average molecular weight is 444 g/mol. The Bertz CT molecular complexity index is 742. The summed E-state index contributed by atoms with van der Waals surface area (Å²) in [7, 11) is 0. The summed E-state index contributed by atoms with van der Waals surface area (Å²) in [4.78, 5) is 26.5. The molecular formula is C23H32F3NO2S. The molecule has 1 rings (SSSR count). The number of halogens is 3. The fourth-order valence-corrected chi connectivity index (χ4v) is 4.51. The van der Waals surface area contributed by atoms with Crippen LogP contribution in [0.2, 0.25) is 0 Å². The minimum Gasteiger partial charge on any atom is -0.326 e. The maximum Gasteiger partial charge on any atom is 0.247 e. The third-order valence-electron chi connectivity index (χ3n) is 4.41. The van der Waals surface area contributed by atoms with E-state index in [1.807, 2.05) is 13.8 Å². The molecule has 0 aromatic heterocycles. The molecule has 1 amide bonds. The van der Waals surface area contributed by atoms with Crippen LogP contribution in [0, 0.1) is 35.2 Å². The maximum atomic E-state index is 13.4. The van der Waals surface area contributed by atoms with Crippen molar-refractivity contribution in [2.75, 3.05) is 6.54 Å². The van der Waals surface area contributed by atoms with Gasteiger partial charge in [0.15, 0.2) is 22.6 Å². The molecule has 0 saturated carbocycles. The first-order chi connectivity index (χ1) is 13.9. The molecule has 30 heavy (non-hydrogen) atoms. The highest BCUT2D eigenvalue weighted by Crippen LogP contribution is 2.27. The van der Waals surface area contributed by atoms with E-state index < -0.39 is 17.5 Å². The van der Waals surface area contributed by atoms with Crippen molar-refractivity contribution in [3.05, 3.63) is 41.2 Å². The molecule has 0 N–H and O–H groups in total. The van der Waals surface area contributed by atoms with Gasteiger partial charge in [0.25, 0.3) is 0 Å². The lowest BCUT2D eigenvalue weighted by molar-refractivity contribution is -0.127. The molecule has 2 atom stereocenters. The van der Waals surface area contributed by atoms with Gasteiger partial charge in [-0.2, -0.15) is 0 Å². The van der Waals surface area contributed by atoms with E-state index in [2.05, 4.69) is 20.8 Å². The molecule has 0 heterocycles. The number of amides is 1. The number of carbonyl (C=O) groups is 2. The van der Waals surface area contributed by atoms with E-state index in [1.54, 1.807) is 4.90 Å². The molecule has 0 bridgehead atoms. The minimum absolute atomic E-state index is 0.0505. The second-order valence-corrected chi connectivity index (χ2v) is 9.91. The van der Waals surface area contributed by atoms with Crippen molar-refractivity contribution in [1.29, 1.82) is 0 Å². The molecule has 168 valence electrons. The molecule has 0 saturated heterocycles. The third-order valence-corrected chi connectivity index (χ3v) is 5.46. The molecule has 0 spiro atoms. The Hall–Kier alpha value is -1.76. The van der Waals surface area contributed by atoms with Crippen LogP contribution in [0.1, 0.15) is 59.9 Å². The third kappa shape index (κ3) is 8.94. The first-order valence-corrected chi connectivity index (χ1v) is 11.1. The Labute approximate surface area is 182 Å². The molecular weight excluding hydrogens is 411 g/mol. The number of hydrogen-bond donors (Lipinski definition) is 0. The van der Waals surface area contributed by atoms with Gasteiger partial charge in [0.05, 0.1) is 5.37 Å². The van der Waals surface area contributed by atoms with Crippen LogP contribution >= 0.6 is 11.8 Å². The Morgan fingerprint density at radius 1 is 1.00 bits per heavy atom. The predicted octanol–water partition coefficient (Wildman–Crippen LogP) is 6.28. The van der Waals surface area contributed by atoms with Crippen molar-refractivity contribution < 1.29 is 22.8 Å². The second kappa shape index (κ2) is 12.2. The Kier molecular flexibility index (Phi) is 10.7. The molecule has 3 nitrogen and oxygen atoms in total. The van der Waals surface area contributed by atoms with E-state index in [0.29, 0.717) is 18.9 Å². The summed E-state index contributed by atoms with van der Waals surface area (Å²) < 4.78 is 40.0. The van der Waals surface area contributed by atoms with Gasteiger partial charge in [0.1, 0.15) is 0 Å². The van der Waals surface area contributed by atoms with Crippen LogP contribution in [-0.2, 0) is 9.59 Å². The van der Waals surface area contributed by atoms with Crippen molar-refractivity contribution >= 4 is 28.9 Å². The molecule has 0 aliphatic heterocycles. The van der Waals surface area contributed by atoms with Gasteiger partial charge in [0, 0.05) is 19.5 Å². The van der Waals surface area contributed by atoms with Gasteiger partial charge in [-0.25, -0.2) is 13.2 Å². The number of nitrogens with zero attached hydrogens (tertiary/aromatic N) is 1. The van der Waals surface area contributed by atoms with Crippen molar-refractivity contribution in [2.45, 2.75) is 59.8 Å². The van der Waals surface area contributed by atoms with Gasteiger partial charge >= 0.3 is 0 Å². The van der Waals surface area contributed by atoms with Gasteiger partial charge in [-0.05, 0) is 54.4 Å². The van der Waals surface area contributed by atoms with Crippen LogP contribution in [0.3, 0.4) is 0 Å². The Balaban J connectivity index is 3.16. The first kappa shape index (κ1) is 26.3. The van der Waals surface area contributed by atoms with Gasteiger partial charge in [-0.3, -0.25) is 9.59 Å². The summed E-state index contributed by atoms with van der Waals surface area (Å²) >= 11 is 1.12. The van der Waals surface area contributed by atoms with E-state index in [4.69, 9.17) is 0 Å². The summed E-state index contributed by atoms with van der Waals surface area (Å²) in [6, 6.07) is 1.67. The number of carbonyl (C=O) groups excluding carboxylic acids is 2. The SMILES string of the molecule is CC(=O)S[C@H](CC(C)C)N(C[C@@H](C)CC(C)C)C(=O)/C=C/c1cc(F)c(F)c(F)c1. The van der Waals surface area contributed by atoms with Crippen molar-refractivity contribution in [1.82, 2.24) is 4.90 Å². The van der Waals surface area contributed by atoms with Crippen LogP contribution in [0.5, 0.6) is 0 Å². The number of benzene rings is 1. The zero-order valence-electron chi connectivity index (χ0n) is 18.5. The van der Waals surface area contributed by atoms with Gasteiger partial charge in [-0.1, -0.05) is 46.4 Å². The summed E-state index contributed by atoms with van der Waals surface area (Å²) in [5, 5.41) is -0.419. The van der Waals surface area contributed by atoms with Crippen LogP contribution < -0.4 is 0 Å². The lowest BCUT2D eigenvalue weighted by Gasteiger charge is -2.33. The maximum absolute atomic E-state index is 13.4. The van der Waals surface area contributed by atoms with Gasteiger partial charge in [0.2, 0.25) is 5.91 Å². The zero-order chi connectivity index (χ0) is 23.0. The molecule has 1 aromatic rings. The highest BCUT2D eigenvalue weighted by atomic mass is 32.2. The molecule has 1 aromatic carbocycles. The second-order valence-electron chi connectivity index (χ2n) is 8.55. The molecule has 0 unspecified atom stereocenters. The van der Waals surface area contributed by atoms with E-state index in [9.17, 15) is 22.8 Å². The lowest BCUT2D eigenvalue weighted by atomic mass is 9.98. The quantitative estimate of drug-likeness (QED) is 0.243. The van der Waals surface area contributed by atoms with Crippen LogP contribution in [0.25, 0.3) is 6.08 Å². The fraction of sp³-hybridized carbons (Fsp3) is 0.565. The van der Waals surface area contributed by atoms with E-state index in [-0.39, 0.29) is 33.8 Å². The highest BCUT2D eigenvalue weighted by Gasteiger charge is 2.27. The summed E-state index contributed by atoms with van der Waals surface area (Å²) in [5.41, 5.74) is 0.0505. The molecule has 0 radical (unpaired) electrons. The van der Waals surface area contributed by atoms with Crippen molar-refractivity contribution in [3.63, 3.8) is 0 Å². The van der Waals surface area contributed by atoms with Crippen molar-refractivity contribution in [2.24, 2.45) is 17.8 Å². The van der Waals surface area contributed by atoms with E-state index in [1.165, 1.54) is 19.1 Å². The monoisotopic (exact) mass is 443 g/mol. The highest BCUT2D eigenvalue weighted by molar-refractivity contribution is 8.14. The number of rotatable bonds is 10. The number of hydrogen-bond acceptors (Lipinski definition) is 3.